The Balaban J connectivity index is 3.57. The lowest BCUT2D eigenvalue weighted by Crippen LogP contribution is -2.32. The van der Waals surface area contributed by atoms with Gasteiger partial charge >= 0.3 is 0 Å². The largest absolute Gasteiger partial charge is 0.392 e. The van der Waals surface area contributed by atoms with Gasteiger partial charge in [0.05, 0.1) is 6.10 Å². The molecular formula is C29H61NO. The van der Waals surface area contributed by atoms with E-state index in [1.54, 1.807) is 0 Å². The summed E-state index contributed by atoms with van der Waals surface area (Å²) in [4.78, 5) is 2.52. The summed E-state index contributed by atoms with van der Waals surface area (Å²) in [6, 6.07) is 0. The standard InChI is InChI=1S/C29H61NO/c1-27(2)22-18-14-10-6-8-12-16-20-24-30(26-29(5)31)25-21-17-13-9-7-11-15-19-23-28(3)4/h27-29,31H,6-26H2,1-5H3. The lowest BCUT2D eigenvalue weighted by Gasteiger charge is -2.23. The van der Waals surface area contributed by atoms with Crippen LogP contribution in [0.25, 0.3) is 0 Å². The van der Waals surface area contributed by atoms with E-state index < -0.39 is 0 Å². The first-order chi connectivity index (χ1) is 14.9. The molecule has 2 nitrogen and oxygen atoms in total. The number of nitrogens with zero attached hydrogens (tertiary/aromatic N) is 1. The van der Waals surface area contributed by atoms with Gasteiger partial charge < -0.3 is 10.0 Å². The molecule has 0 heterocycles. The molecule has 1 atom stereocenters. The van der Waals surface area contributed by atoms with Gasteiger partial charge in [-0.1, -0.05) is 130 Å². The van der Waals surface area contributed by atoms with Crippen LogP contribution in [0, 0.1) is 11.8 Å². The first-order valence-corrected chi connectivity index (χ1v) is 14.3. The molecule has 0 aliphatic rings. The Labute approximate surface area is 198 Å². The molecule has 0 amide bonds. The fourth-order valence-electron chi connectivity index (χ4n) is 4.57. The molecule has 0 spiro atoms. The number of hydrogen-bond donors (Lipinski definition) is 1. The van der Waals surface area contributed by atoms with E-state index in [0.29, 0.717) is 0 Å². The minimum atomic E-state index is -0.198. The van der Waals surface area contributed by atoms with Gasteiger partial charge in [0.2, 0.25) is 0 Å². The van der Waals surface area contributed by atoms with Crippen molar-refractivity contribution in [2.75, 3.05) is 19.6 Å². The third-order valence-electron chi connectivity index (χ3n) is 6.53. The highest BCUT2D eigenvalue weighted by Crippen LogP contribution is 2.14. The third kappa shape index (κ3) is 26.1. The zero-order chi connectivity index (χ0) is 23.2. The van der Waals surface area contributed by atoms with Gasteiger partial charge in [-0.25, -0.2) is 0 Å². The number of aliphatic hydroxyl groups is 1. The Morgan fingerprint density at radius 3 is 1.03 bits per heavy atom. The van der Waals surface area contributed by atoms with E-state index in [9.17, 15) is 5.11 Å². The van der Waals surface area contributed by atoms with Gasteiger partial charge in [-0.05, 0) is 44.7 Å². The molecule has 0 saturated heterocycles. The van der Waals surface area contributed by atoms with E-state index in [1.165, 1.54) is 129 Å². The van der Waals surface area contributed by atoms with Crippen LogP contribution >= 0.6 is 0 Å². The van der Waals surface area contributed by atoms with Gasteiger partial charge in [-0.2, -0.15) is 0 Å². The van der Waals surface area contributed by atoms with Crippen LogP contribution in [0.15, 0.2) is 0 Å². The van der Waals surface area contributed by atoms with Crippen molar-refractivity contribution in [3.8, 4) is 0 Å². The van der Waals surface area contributed by atoms with E-state index in [1.807, 2.05) is 6.92 Å². The molecule has 0 bridgehead atoms. The highest BCUT2D eigenvalue weighted by atomic mass is 16.3. The molecule has 0 aromatic rings. The minimum absolute atomic E-state index is 0.198. The van der Waals surface area contributed by atoms with Crippen molar-refractivity contribution in [1.29, 1.82) is 0 Å². The van der Waals surface area contributed by atoms with Crippen molar-refractivity contribution in [2.45, 2.75) is 156 Å². The molecule has 1 unspecified atom stereocenters. The molecule has 0 aromatic carbocycles. The van der Waals surface area contributed by atoms with Crippen LogP contribution in [0.4, 0.5) is 0 Å². The van der Waals surface area contributed by atoms with Gasteiger partial charge in [0.25, 0.3) is 0 Å². The Kier molecular flexibility index (Phi) is 23.0. The predicted molar refractivity (Wildman–Crippen MR) is 141 cm³/mol. The van der Waals surface area contributed by atoms with Gasteiger partial charge in [-0.3, -0.25) is 0 Å². The normalized spacial score (nSPS) is 13.1. The molecule has 188 valence electrons. The fourth-order valence-corrected chi connectivity index (χ4v) is 4.57. The lowest BCUT2D eigenvalue weighted by molar-refractivity contribution is 0.123. The molecule has 0 saturated carbocycles. The number of aliphatic hydroxyl groups excluding tert-OH is 1. The molecule has 1 N–H and O–H groups in total. The van der Waals surface area contributed by atoms with Gasteiger partial charge in [0.1, 0.15) is 0 Å². The molecule has 0 aromatic heterocycles. The summed E-state index contributed by atoms with van der Waals surface area (Å²) < 4.78 is 0. The number of unbranched alkanes of at least 4 members (excludes halogenated alkanes) is 14. The number of rotatable bonds is 24. The Bertz CT molecular complexity index is 312. The lowest BCUT2D eigenvalue weighted by atomic mass is 10.0. The topological polar surface area (TPSA) is 23.5 Å². The van der Waals surface area contributed by atoms with Crippen LogP contribution in [0.1, 0.15) is 150 Å². The third-order valence-corrected chi connectivity index (χ3v) is 6.53. The summed E-state index contributed by atoms with van der Waals surface area (Å²) in [5.41, 5.74) is 0. The molecule has 0 radical (unpaired) electrons. The summed E-state index contributed by atoms with van der Waals surface area (Å²) in [6.45, 7) is 14.5. The van der Waals surface area contributed by atoms with Crippen molar-refractivity contribution < 1.29 is 5.11 Å². The zero-order valence-corrected chi connectivity index (χ0v) is 22.5. The number of hydrogen-bond acceptors (Lipinski definition) is 2. The van der Waals surface area contributed by atoms with Crippen molar-refractivity contribution in [3.05, 3.63) is 0 Å². The summed E-state index contributed by atoms with van der Waals surface area (Å²) >= 11 is 0. The highest BCUT2D eigenvalue weighted by molar-refractivity contribution is 4.63. The monoisotopic (exact) mass is 439 g/mol. The summed E-state index contributed by atoms with van der Waals surface area (Å²) in [7, 11) is 0. The van der Waals surface area contributed by atoms with Crippen LogP contribution < -0.4 is 0 Å². The molecular weight excluding hydrogens is 378 g/mol. The van der Waals surface area contributed by atoms with Gasteiger partial charge in [0.15, 0.2) is 0 Å². The second kappa shape index (κ2) is 23.1. The van der Waals surface area contributed by atoms with Crippen LogP contribution in [0.3, 0.4) is 0 Å². The second-order valence-electron chi connectivity index (χ2n) is 11.2. The summed E-state index contributed by atoms with van der Waals surface area (Å²) in [5.74, 6) is 1.74. The zero-order valence-electron chi connectivity index (χ0n) is 22.5. The van der Waals surface area contributed by atoms with Crippen LogP contribution in [-0.2, 0) is 0 Å². The Morgan fingerprint density at radius 1 is 0.452 bits per heavy atom. The molecule has 2 heteroatoms. The maximum Gasteiger partial charge on any atom is 0.0639 e. The van der Waals surface area contributed by atoms with Gasteiger partial charge in [0, 0.05) is 6.54 Å². The van der Waals surface area contributed by atoms with Gasteiger partial charge in [-0.15, -0.1) is 0 Å². The van der Waals surface area contributed by atoms with Crippen molar-refractivity contribution in [2.24, 2.45) is 11.8 Å². The van der Waals surface area contributed by atoms with Crippen molar-refractivity contribution in [1.82, 2.24) is 4.90 Å². The van der Waals surface area contributed by atoms with Crippen LogP contribution in [0.5, 0.6) is 0 Å². The Morgan fingerprint density at radius 2 is 0.742 bits per heavy atom. The average molecular weight is 440 g/mol. The SMILES string of the molecule is CC(C)CCCCCCCCCCN(CCCCCCCCCCC(C)C)CC(C)O. The smallest absolute Gasteiger partial charge is 0.0639 e. The van der Waals surface area contributed by atoms with Crippen LogP contribution in [0.2, 0.25) is 0 Å². The first-order valence-electron chi connectivity index (χ1n) is 14.3. The Hall–Kier alpha value is -0.0800. The summed E-state index contributed by atoms with van der Waals surface area (Å²) in [5, 5.41) is 9.84. The predicted octanol–water partition coefficient (Wildman–Crippen LogP) is 9.00. The molecule has 31 heavy (non-hydrogen) atoms. The summed E-state index contributed by atoms with van der Waals surface area (Å²) in [6.07, 6.45) is 24.9. The maximum atomic E-state index is 9.84. The highest BCUT2D eigenvalue weighted by Gasteiger charge is 2.08. The average Bonchev–Trinajstić information content (AvgIpc) is 2.69. The molecule has 0 aliphatic carbocycles. The van der Waals surface area contributed by atoms with Crippen molar-refractivity contribution in [3.63, 3.8) is 0 Å². The van der Waals surface area contributed by atoms with E-state index in [-0.39, 0.29) is 6.10 Å². The van der Waals surface area contributed by atoms with E-state index in [0.717, 1.165) is 18.4 Å². The molecule has 0 aliphatic heterocycles. The van der Waals surface area contributed by atoms with Crippen LogP contribution in [-0.4, -0.2) is 35.7 Å². The van der Waals surface area contributed by atoms with E-state index in [4.69, 9.17) is 0 Å². The van der Waals surface area contributed by atoms with E-state index in [2.05, 4.69) is 32.6 Å². The quantitative estimate of drug-likeness (QED) is 0.152. The molecule has 0 fully saturated rings. The van der Waals surface area contributed by atoms with E-state index >= 15 is 0 Å². The molecule has 0 rings (SSSR count). The van der Waals surface area contributed by atoms with Crippen molar-refractivity contribution >= 4 is 0 Å². The first kappa shape index (κ1) is 30.9. The fraction of sp³-hybridized carbons (Fsp3) is 1.00. The second-order valence-corrected chi connectivity index (χ2v) is 11.2. The minimum Gasteiger partial charge on any atom is -0.392 e. The maximum absolute atomic E-state index is 9.84.